The highest BCUT2D eigenvalue weighted by Gasteiger charge is 2.48. The second-order valence-corrected chi connectivity index (χ2v) is 5.25. The second-order valence-electron chi connectivity index (χ2n) is 5.25. The lowest BCUT2D eigenvalue weighted by molar-refractivity contribution is -0.134. The fraction of sp³-hybridized carbons (Fsp3) is 0.917. The summed E-state index contributed by atoms with van der Waals surface area (Å²) in [4.78, 5) is 12.1. The summed E-state index contributed by atoms with van der Waals surface area (Å²) in [6.07, 6.45) is 4.67. The van der Waals surface area contributed by atoms with Crippen LogP contribution in [-0.4, -0.2) is 24.5 Å². The molecule has 0 aromatic rings. The number of rotatable bonds is 1. The Morgan fingerprint density at radius 2 is 2.13 bits per heavy atom. The highest BCUT2D eigenvalue weighted by Crippen LogP contribution is 2.39. The molecule has 86 valence electrons. The second kappa shape index (κ2) is 4.12. The van der Waals surface area contributed by atoms with Gasteiger partial charge in [0.25, 0.3) is 0 Å². The standard InChI is InChI=1S/C12H22N2O/c1-9(2)10-5-3-4-6-12(10)11(15)13-7-8-14-12/h9-10,14H,3-8H2,1-2H3,(H,13,15). The van der Waals surface area contributed by atoms with Gasteiger partial charge in [0.1, 0.15) is 5.54 Å². The van der Waals surface area contributed by atoms with E-state index in [1.165, 1.54) is 19.3 Å². The van der Waals surface area contributed by atoms with Gasteiger partial charge in [-0.05, 0) is 24.7 Å². The molecule has 3 nitrogen and oxygen atoms in total. The zero-order valence-electron chi connectivity index (χ0n) is 9.81. The van der Waals surface area contributed by atoms with Crippen LogP contribution in [0.25, 0.3) is 0 Å². The normalized spacial score (nSPS) is 37.0. The van der Waals surface area contributed by atoms with Crippen LogP contribution >= 0.6 is 0 Å². The maximum atomic E-state index is 12.1. The summed E-state index contributed by atoms with van der Waals surface area (Å²) in [6.45, 7) is 6.18. The fourth-order valence-electron chi connectivity index (χ4n) is 3.30. The molecule has 0 aromatic heterocycles. The van der Waals surface area contributed by atoms with Gasteiger partial charge < -0.3 is 10.6 Å². The van der Waals surface area contributed by atoms with Gasteiger partial charge in [-0.25, -0.2) is 0 Å². The van der Waals surface area contributed by atoms with E-state index in [1.807, 2.05) is 0 Å². The maximum absolute atomic E-state index is 12.1. The van der Waals surface area contributed by atoms with E-state index < -0.39 is 0 Å². The van der Waals surface area contributed by atoms with Crippen molar-refractivity contribution in [1.29, 1.82) is 0 Å². The van der Waals surface area contributed by atoms with E-state index in [1.54, 1.807) is 0 Å². The number of amides is 1. The van der Waals surface area contributed by atoms with Crippen molar-refractivity contribution in [2.75, 3.05) is 13.1 Å². The van der Waals surface area contributed by atoms with Crippen molar-refractivity contribution in [1.82, 2.24) is 10.6 Å². The number of hydrogen-bond acceptors (Lipinski definition) is 2. The van der Waals surface area contributed by atoms with E-state index >= 15 is 0 Å². The average Bonchev–Trinajstić information content (AvgIpc) is 2.23. The number of carbonyl (C=O) groups is 1. The Labute approximate surface area is 92.0 Å². The third-order valence-corrected chi connectivity index (χ3v) is 4.03. The molecule has 0 aromatic carbocycles. The quantitative estimate of drug-likeness (QED) is 0.685. The molecule has 1 aliphatic carbocycles. The van der Waals surface area contributed by atoms with Gasteiger partial charge in [-0.1, -0.05) is 26.7 Å². The van der Waals surface area contributed by atoms with Crippen molar-refractivity contribution in [2.45, 2.75) is 45.1 Å². The molecule has 2 unspecified atom stereocenters. The third kappa shape index (κ3) is 1.78. The van der Waals surface area contributed by atoms with Crippen LogP contribution in [0.3, 0.4) is 0 Å². The average molecular weight is 210 g/mol. The molecule has 2 fully saturated rings. The molecule has 15 heavy (non-hydrogen) atoms. The molecule has 1 saturated heterocycles. The molecule has 2 atom stereocenters. The number of nitrogens with one attached hydrogen (secondary N) is 2. The molecule has 0 bridgehead atoms. The van der Waals surface area contributed by atoms with Crippen molar-refractivity contribution >= 4 is 5.91 Å². The van der Waals surface area contributed by atoms with Gasteiger partial charge >= 0.3 is 0 Å². The number of carbonyl (C=O) groups excluding carboxylic acids is 1. The Balaban J connectivity index is 2.23. The summed E-state index contributed by atoms with van der Waals surface area (Å²) < 4.78 is 0. The predicted molar refractivity (Wildman–Crippen MR) is 60.5 cm³/mol. The molecule has 3 heteroatoms. The van der Waals surface area contributed by atoms with Crippen LogP contribution in [0.15, 0.2) is 0 Å². The third-order valence-electron chi connectivity index (χ3n) is 4.03. The number of piperazine rings is 1. The van der Waals surface area contributed by atoms with E-state index in [4.69, 9.17) is 0 Å². The molecule has 1 saturated carbocycles. The van der Waals surface area contributed by atoms with Crippen molar-refractivity contribution < 1.29 is 4.79 Å². The molecule has 1 aliphatic heterocycles. The molecule has 1 spiro atoms. The highest BCUT2D eigenvalue weighted by molar-refractivity contribution is 5.87. The number of hydrogen-bond donors (Lipinski definition) is 2. The minimum absolute atomic E-state index is 0.243. The molecule has 1 heterocycles. The molecule has 2 N–H and O–H groups in total. The molecule has 1 amide bonds. The Kier molecular flexibility index (Phi) is 3.01. The Morgan fingerprint density at radius 1 is 1.33 bits per heavy atom. The van der Waals surface area contributed by atoms with Crippen molar-refractivity contribution in [2.24, 2.45) is 11.8 Å². The van der Waals surface area contributed by atoms with Gasteiger partial charge in [-0.2, -0.15) is 0 Å². The highest BCUT2D eigenvalue weighted by atomic mass is 16.2. The Bertz CT molecular complexity index is 246. The Hall–Kier alpha value is -0.570. The first-order valence-corrected chi connectivity index (χ1v) is 6.20. The lowest BCUT2D eigenvalue weighted by atomic mass is 9.67. The smallest absolute Gasteiger partial charge is 0.240 e. The topological polar surface area (TPSA) is 41.1 Å². The zero-order chi connectivity index (χ0) is 10.9. The van der Waals surface area contributed by atoms with Crippen molar-refractivity contribution in [3.05, 3.63) is 0 Å². The maximum Gasteiger partial charge on any atom is 0.240 e. The summed E-state index contributed by atoms with van der Waals surface area (Å²) in [7, 11) is 0. The molecule has 2 rings (SSSR count). The van der Waals surface area contributed by atoms with Gasteiger partial charge in [-0.15, -0.1) is 0 Å². The lowest BCUT2D eigenvalue weighted by Gasteiger charge is -2.47. The first-order valence-electron chi connectivity index (χ1n) is 6.20. The van der Waals surface area contributed by atoms with E-state index in [0.29, 0.717) is 11.8 Å². The van der Waals surface area contributed by atoms with Crippen LogP contribution in [-0.2, 0) is 4.79 Å². The van der Waals surface area contributed by atoms with Gasteiger partial charge in [-0.3, -0.25) is 4.79 Å². The minimum atomic E-state index is -0.245. The van der Waals surface area contributed by atoms with E-state index in [9.17, 15) is 4.79 Å². The van der Waals surface area contributed by atoms with Gasteiger partial charge in [0.2, 0.25) is 5.91 Å². The van der Waals surface area contributed by atoms with Crippen LogP contribution in [0.4, 0.5) is 0 Å². The zero-order valence-corrected chi connectivity index (χ0v) is 9.81. The molecule has 0 radical (unpaired) electrons. The molecule has 2 aliphatic rings. The SMILES string of the molecule is CC(C)C1CCCCC12NCCNC2=O. The van der Waals surface area contributed by atoms with Gasteiger partial charge in [0.05, 0.1) is 0 Å². The molecular weight excluding hydrogens is 188 g/mol. The summed E-state index contributed by atoms with van der Waals surface area (Å²) in [5.74, 6) is 1.33. The van der Waals surface area contributed by atoms with E-state index in [-0.39, 0.29) is 11.4 Å². The van der Waals surface area contributed by atoms with Crippen LogP contribution in [0.5, 0.6) is 0 Å². The minimum Gasteiger partial charge on any atom is -0.353 e. The van der Waals surface area contributed by atoms with Crippen molar-refractivity contribution in [3.63, 3.8) is 0 Å². The van der Waals surface area contributed by atoms with Gasteiger partial charge in [0.15, 0.2) is 0 Å². The predicted octanol–water partition coefficient (Wildman–Crippen LogP) is 1.29. The summed E-state index contributed by atoms with van der Waals surface area (Å²) in [5.41, 5.74) is -0.245. The first kappa shape index (κ1) is 10.9. The van der Waals surface area contributed by atoms with Crippen molar-refractivity contribution in [3.8, 4) is 0 Å². The van der Waals surface area contributed by atoms with Crippen LogP contribution < -0.4 is 10.6 Å². The van der Waals surface area contributed by atoms with Gasteiger partial charge in [0, 0.05) is 13.1 Å². The first-order chi connectivity index (χ1) is 7.17. The van der Waals surface area contributed by atoms with E-state index in [0.717, 1.165) is 19.5 Å². The largest absolute Gasteiger partial charge is 0.353 e. The molecular formula is C12H22N2O. The van der Waals surface area contributed by atoms with Crippen LogP contribution in [0, 0.1) is 11.8 Å². The lowest BCUT2D eigenvalue weighted by Crippen LogP contribution is -2.68. The van der Waals surface area contributed by atoms with Crippen LogP contribution in [0.1, 0.15) is 39.5 Å². The monoisotopic (exact) mass is 210 g/mol. The Morgan fingerprint density at radius 3 is 2.80 bits per heavy atom. The van der Waals surface area contributed by atoms with E-state index in [2.05, 4.69) is 24.5 Å². The summed E-state index contributed by atoms with van der Waals surface area (Å²) in [6, 6.07) is 0. The summed E-state index contributed by atoms with van der Waals surface area (Å²) in [5, 5.41) is 6.53. The summed E-state index contributed by atoms with van der Waals surface area (Å²) >= 11 is 0. The van der Waals surface area contributed by atoms with Crippen LogP contribution in [0.2, 0.25) is 0 Å². The fourth-order valence-corrected chi connectivity index (χ4v) is 3.30.